The first-order chi connectivity index (χ1) is 14.5. The maximum absolute atomic E-state index is 12.2. The van der Waals surface area contributed by atoms with Crippen molar-refractivity contribution in [1.82, 2.24) is 19.5 Å². The van der Waals surface area contributed by atoms with Crippen LogP contribution in [0.15, 0.2) is 36.5 Å². The number of amides is 1. The second kappa shape index (κ2) is 8.68. The molecule has 0 aliphatic heterocycles. The number of anilines is 1. The summed E-state index contributed by atoms with van der Waals surface area (Å²) in [6, 6.07) is 9.73. The molecule has 1 fully saturated rings. The van der Waals surface area contributed by atoms with Crippen LogP contribution in [-0.2, 0) is 4.79 Å². The molecule has 6 nitrogen and oxygen atoms in total. The number of halogens is 1. The molecule has 154 valence electrons. The monoisotopic (exact) mass is 421 g/mol. The summed E-state index contributed by atoms with van der Waals surface area (Å²) in [7, 11) is 8.00. The molecule has 2 heterocycles. The van der Waals surface area contributed by atoms with Gasteiger partial charge in [-0.1, -0.05) is 36.7 Å². The van der Waals surface area contributed by atoms with Crippen molar-refractivity contribution in [2.45, 2.75) is 38.6 Å². The third-order valence-corrected chi connectivity index (χ3v) is 5.94. The number of carbonyl (C=O) groups excluding carboxylic acids is 1. The molecule has 2 radical (unpaired) electrons. The summed E-state index contributed by atoms with van der Waals surface area (Å²) in [4.78, 5) is 18.8. The van der Waals surface area contributed by atoms with Gasteiger partial charge in [-0.05, 0) is 37.2 Å². The molecule has 1 unspecified atom stereocenters. The highest BCUT2D eigenvalue weighted by Crippen LogP contribution is 2.31. The molecule has 2 aromatic heterocycles. The lowest BCUT2D eigenvalue weighted by atomic mass is 10.0. The number of carbonyl (C=O) groups is 1. The van der Waals surface area contributed by atoms with Gasteiger partial charge in [-0.25, -0.2) is 4.98 Å². The zero-order valence-corrected chi connectivity index (χ0v) is 18.1. The number of hydrogen-bond acceptors (Lipinski definition) is 4. The molecule has 1 aromatic carbocycles. The minimum atomic E-state index is 0.176. The summed E-state index contributed by atoms with van der Waals surface area (Å²) in [6.45, 7) is 2.85. The minimum absolute atomic E-state index is 0.176. The Morgan fingerprint density at radius 3 is 2.87 bits per heavy atom. The van der Waals surface area contributed by atoms with Gasteiger partial charge in [-0.3, -0.25) is 4.79 Å². The van der Waals surface area contributed by atoms with Crippen LogP contribution >= 0.6 is 11.6 Å². The van der Waals surface area contributed by atoms with E-state index < -0.39 is 0 Å². The average molecular weight is 422 g/mol. The maximum Gasteiger partial charge on any atom is 0.225 e. The number of benzene rings is 1. The van der Waals surface area contributed by atoms with Gasteiger partial charge in [0.15, 0.2) is 5.65 Å². The smallest absolute Gasteiger partial charge is 0.225 e. The van der Waals surface area contributed by atoms with Gasteiger partial charge in [-0.15, -0.1) is 0 Å². The van der Waals surface area contributed by atoms with Gasteiger partial charge in [0.25, 0.3) is 0 Å². The van der Waals surface area contributed by atoms with Crippen LogP contribution in [0.1, 0.15) is 32.6 Å². The molecule has 1 amide bonds. The van der Waals surface area contributed by atoms with Gasteiger partial charge in [0, 0.05) is 48.4 Å². The molecule has 8 heteroatoms. The van der Waals surface area contributed by atoms with Crippen molar-refractivity contribution in [2.75, 3.05) is 18.9 Å². The van der Waals surface area contributed by atoms with Crippen molar-refractivity contribution in [2.24, 2.45) is 5.92 Å². The standard InChI is InChI=1S/C22H25BClN5O/c1-3-15(10-11-28(2)22(30)14-8-9-14)26-20-12-19(16-6-4-5-7-18(16)24)27-21-17(23)13-25-29(20)21/h4-7,12-15,26H,3,8-11H2,1-2H3. The van der Waals surface area contributed by atoms with Gasteiger partial charge in [-0.2, -0.15) is 9.61 Å². The van der Waals surface area contributed by atoms with Crippen LogP contribution in [0.4, 0.5) is 5.82 Å². The SMILES string of the molecule is [B]c1cnn2c(NC(CC)CCN(C)C(=O)C3CC3)cc(-c3ccccc3Cl)nc12. The molecule has 1 aliphatic carbocycles. The normalized spacial score (nSPS) is 14.6. The Kier molecular flexibility index (Phi) is 6.00. The minimum Gasteiger partial charge on any atom is -0.367 e. The van der Waals surface area contributed by atoms with E-state index in [1.165, 1.54) is 0 Å². The molecule has 1 atom stereocenters. The first-order valence-electron chi connectivity index (χ1n) is 10.4. The molecular weight excluding hydrogens is 397 g/mol. The van der Waals surface area contributed by atoms with Gasteiger partial charge in [0.2, 0.25) is 5.91 Å². The Bertz CT molecular complexity index is 1060. The average Bonchev–Trinajstić information content (AvgIpc) is 3.53. The summed E-state index contributed by atoms with van der Waals surface area (Å²) in [5.74, 6) is 1.31. The van der Waals surface area contributed by atoms with Crippen molar-refractivity contribution < 1.29 is 4.79 Å². The van der Waals surface area contributed by atoms with Crippen LogP contribution in [0.2, 0.25) is 5.02 Å². The highest BCUT2D eigenvalue weighted by molar-refractivity contribution is 6.36. The van der Waals surface area contributed by atoms with E-state index in [-0.39, 0.29) is 17.9 Å². The first-order valence-corrected chi connectivity index (χ1v) is 10.8. The Morgan fingerprint density at radius 2 is 2.17 bits per heavy atom. The molecule has 4 rings (SSSR count). The summed E-state index contributed by atoms with van der Waals surface area (Å²) >= 11 is 6.40. The van der Waals surface area contributed by atoms with E-state index in [0.717, 1.165) is 42.8 Å². The van der Waals surface area contributed by atoms with Crippen molar-refractivity contribution in [3.8, 4) is 11.3 Å². The van der Waals surface area contributed by atoms with E-state index in [9.17, 15) is 4.79 Å². The van der Waals surface area contributed by atoms with E-state index in [1.54, 1.807) is 10.7 Å². The van der Waals surface area contributed by atoms with Crippen LogP contribution in [0, 0.1) is 5.92 Å². The van der Waals surface area contributed by atoms with Gasteiger partial charge in [0.05, 0.1) is 5.69 Å². The van der Waals surface area contributed by atoms with E-state index >= 15 is 0 Å². The lowest BCUT2D eigenvalue weighted by Crippen LogP contribution is -2.33. The first kappa shape index (κ1) is 20.7. The Morgan fingerprint density at radius 1 is 1.40 bits per heavy atom. The number of aromatic nitrogens is 3. The summed E-state index contributed by atoms with van der Waals surface area (Å²) < 4.78 is 1.72. The van der Waals surface area contributed by atoms with Gasteiger partial charge < -0.3 is 10.2 Å². The zero-order valence-electron chi connectivity index (χ0n) is 17.3. The second-order valence-corrected chi connectivity index (χ2v) is 8.32. The zero-order chi connectivity index (χ0) is 21.3. The Hall–Kier alpha value is -2.54. The highest BCUT2D eigenvalue weighted by atomic mass is 35.5. The maximum atomic E-state index is 12.2. The number of hydrogen-bond donors (Lipinski definition) is 1. The Balaban J connectivity index is 1.59. The third-order valence-electron chi connectivity index (χ3n) is 5.61. The van der Waals surface area contributed by atoms with E-state index in [0.29, 0.717) is 22.7 Å². The highest BCUT2D eigenvalue weighted by Gasteiger charge is 2.32. The van der Waals surface area contributed by atoms with Crippen LogP contribution in [0.25, 0.3) is 16.9 Å². The fourth-order valence-electron chi connectivity index (χ4n) is 3.58. The van der Waals surface area contributed by atoms with E-state index in [1.807, 2.05) is 42.3 Å². The molecule has 1 N–H and O–H groups in total. The fraction of sp³-hybridized carbons (Fsp3) is 0.409. The van der Waals surface area contributed by atoms with Crippen molar-refractivity contribution >= 4 is 42.3 Å². The fourth-order valence-corrected chi connectivity index (χ4v) is 3.81. The predicted octanol–water partition coefficient (Wildman–Crippen LogP) is 3.29. The van der Waals surface area contributed by atoms with Crippen LogP contribution in [-0.4, -0.2) is 52.9 Å². The molecule has 1 saturated carbocycles. The molecule has 3 aromatic rings. The summed E-state index contributed by atoms with van der Waals surface area (Å²) in [5, 5.41) is 8.59. The third kappa shape index (κ3) is 4.31. The quantitative estimate of drug-likeness (QED) is 0.567. The number of fused-ring (bicyclic) bond motifs is 1. The van der Waals surface area contributed by atoms with Crippen LogP contribution in [0.3, 0.4) is 0 Å². The van der Waals surface area contributed by atoms with Crippen LogP contribution < -0.4 is 10.8 Å². The van der Waals surface area contributed by atoms with Gasteiger partial charge >= 0.3 is 0 Å². The van der Waals surface area contributed by atoms with E-state index in [2.05, 4.69) is 22.3 Å². The van der Waals surface area contributed by atoms with E-state index in [4.69, 9.17) is 19.4 Å². The largest absolute Gasteiger partial charge is 0.367 e. The molecule has 30 heavy (non-hydrogen) atoms. The number of rotatable bonds is 8. The molecule has 0 saturated heterocycles. The Labute approximate surface area is 183 Å². The lowest BCUT2D eigenvalue weighted by Gasteiger charge is -2.23. The van der Waals surface area contributed by atoms with Crippen molar-refractivity contribution in [3.05, 3.63) is 41.6 Å². The second-order valence-electron chi connectivity index (χ2n) is 7.91. The number of nitrogens with zero attached hydrogens (tertiary/aromatic N) is 4. The summed E-state index contributed by atoms with van der Waals surface area (Å²) in [6.07, 6.45) is 5.41. The van der Waals surface area contributed by atoms with Crippen molar-refractivity contribution in [3.63, 3.8) is 0 Å². The number of nitrogens with one attached hydrogen (secondary N) is 1. The lowest BCUT2D eigenvalue weighted by molar-refractivity contribution is -0.131. The molecular formula is C22H25BClN5O. The molecule has 1 aliphatic rings. The topological polar surface area (TPSA) is 62.5 Å². The van der Waals surface area contributed by atoms with Crippen LogP contribution in [0.5, 0.6) is 0 Å². The predicted molar refractivity (Wildman–Crippen MR) is 122 cm³/mol. The van der Waals surface area contributed by atoms with Crippen molar-refractivity contribution in [1.29, 1.82) is 0 Å². The van der Waals surface area contributed by atoms with Gasteiger partial charge in [0.1, 0.15) is 13.7 Å². The molecule has 0 spiro atoms. The molecule has 0 bridgehead atoms. The summed E-state index contributed by atoms with van der Waals surface area (Å²) in [5.41, 5.74) is 2.67.